The maximum absolute atomic E-state index is 11.2. The summed E-state index contributed by atoms with van der Waals surface area (Å²) in [5.74, 6) is 0.219. The normalized spacial score (nSPS) is 12.9. The Hall–Kier alpha value is -0.670. The lowest BCUT2D eigenvalue weighted by atomic mass is 10.0. The number of hydrogen-bond acceptors (Lipinski definition) is 2. The molecule has 0 radical (unpaired) electrons. The second kappa shape index (κ2) is 5.42. The third-order valence-electron chi connectivity index (χ3n) is 2.36. The molecule has 0 fully saturated rings. The van der Waals surface area contributed by atoms with E-state index in [1.54, 1.807) is 6.92 Å². The summed E-state index contributed by atoms with van der Waals surface area (Å²) in [6, 6.07) is 8.29. The fourth-order valence-corrected chi connectivity index (χ4v) is 1.82. The highest BCUT2D eigenvalue weighted by molar-refractivity contribution is 9.10. The van der Waals surface area contributed by atoms with Crippen LogP contribution in [-0.4, -0.2) is 24.8 Å². The van der Waals surface area contributed by atoms with Crippen molar-refractivity contribution in [1.29, 1.82) is 0 Å². The first-order valence-electron chi connectivity index (χ1n) is 4.92. The largest absolute Gasteiger partial charge is 0.302 e. The Morgan fingerprint density at radius 2 is 1.87 bits per heavy atom. The van der Waals surface area contributed by atoms with E-state index in [2.05, 4.69) is 33.0 Å². The van der Waals surface area contributed by atoms with Crippen molar-refractivity contribution in [2.75, 3.05) is 14.1 Å². The van der Waals surface area contributed by atoms with E-state index < -0.39 is 0 Å². The number of ketones is 1. The van der Waals surface area contributed by atoms with Gasteiger partial charge in [0.25, 0.3) is 0 Å². The van der Waals surface area contributed by atoms with E-state index in [-0.39, 0.29) is 11.8 Å². The zero-order valence-corrected chi connectivity index (χ0v) is 10.9. The molecule has 0 saturated heterocycles. The molecule has 0 aliphatic carbocycles. The van der Waals surface area contributed by atoms with Crippen molar-refractivity contribution < 1.29 is 4.79 Å². The molecule has 1 unspecified atom stereocenters. The molecule has 1 rings (SSSR count). The van der Waals surface area contributed by atoms with Crippen LogP contribution >= 0.6 is 15.9 Å². The SMILES string of the molecule is CC(=O)CC(c1ccc(Br)cc1)N(C)C. The Labute approximate surface area is 99.4 Å². The molecule has 3 heteroatoms. The predicted molar refractivity (Wildman–Crippen MR) is 65.9 cm³/mol. The van der Waals surface area contributed by atoms with Crippen molar-refractivity contribution in [2.24, 2.45) is 0 Å². The summed E-state index contributed by atoms with van der Waals surface area (Å²) >= 11 is 3.40. The molecule has 2 nitrogen and oxygen atoms in total. The Morgan fingerprint density at radius 3 is 2.27 bits per heavy atom. The zero-order chi connectivity index (χ0) is 11.4. The lowest BCUT2D eigenvalue weighted by molar-refractivity contribution is -0.118. The van der Waals surface area contributed by atoms with Gasteiger partial charge in [0.2, 0.25) is 0 Å². The second-order valence-corrected chi connectivity index (χ2v) is 4.85. The minimum atomic E-state index is 0.176. The fourth-order valence-electron chi connectivity index (χ4n) is 1.56. The minimum Gasteiger partial charge on any atom is -0.302 e. The third-order valence-corrected chi connectivity index (χ3v) is 2.89. The number of nitrogens with zero attached hydrogens (tertiary/aromatic N) is 1. The summed E-state index contributed by atoms with van der Waals surface area (Å²) in [5.41, 5.74) is 1.18. The molecule has 1 atom stereocenters. The van der Waals surface area contributed by atoms with Crippen molar-refractivity contribution in [3.63, 3.8) is 0 Å². The summed E-state index contributed by atoms with van der Waals surface area (Å²) in [6.45, 7) is 1.63. The van der Waals surface area contributed by atoms with Crippen LogP contribution in [0.3, 0.4) is 0 Å². The van der Waals surface area contributed by atoms with Gasteiger partial charge in [-0.15, -0.1) is 0 Å². The van der Waals surface area contributed by atoms with Gasteiger partial charge in [0.15, 0.2) is 0 Å². The number of halogens is 1. The molecule has 0 N–H and O–H groups in total. The lowest BCUT2D eigenvalue weighted by Crippen LogP contribution is -2.22. The lowest BCUT2D eigenvalue weighted by Gasteiger charge is -2.23. The van der Waals surface area contributed by atoms with Gasteiger partial charge in [-0.25, -0.2) is 0 Å². The summed E-state index contributed by atoms with van der Waals surface area (Å²) in [5, 5.41) is 0. The monoisotopic (exact) mass is 269 g/mol. The van der Waals surface area contributed by atoms with Crippen LogP contribution in [0, 0.1) is 0 Å². The van der Waals surface area contributed by atoms with Gasteiger partial charge < -0.3 is 4.90 Å². The van der Waals surface area contributed by atoms with Gasteiger partial charge in [0.1, 0.15) is 5.78 Å². The van der Waals surface area contributed by atoms with Gasteiger partial charge >= 0.3 is 0 Å². The molecule has 0 aromatic heterocycles. The van der Waals surface area contributed by atoms with Crippen LogP contribution in [0.2, 0.25) is 0 Å². The van der Waals surface area contributed by atoms with Crippen molar-refractivity contribution >= 4 is 21.7 Å². The summed E-state index contributed by atoms with van der Waals surface area (Å²) in [4.78, 5) is 13.2. The summed E-state index contributed by atoms with van der Waals surface area (Å²) in [7, 11) is 3.99. The number of hydrogen-bond donors (Lipinski definition) is 0. The van der Waals surface area contributed by atoms with Crippen molar-refractivity contribution in [3.05, 3.63) is 34.3 Å². The first-order valence-corrected chi connectivity index (χ1v) is 5.71. The van der Waals surface area contributed by atoms with Crippen molar-refractivity contribution in [2.45, 2.75) is 19.4 Å². The number of Topliss-reactive ketones (excluding diaryl/α,β-unsaturated/α-hetero) is 1. The highest BCUT2D eigenvalue weighted by Crippen LogP contribution is 2.23. The summed E-state index contributed by atoms with van der Waals surface area (Å²) < 4.78 is 1.06. The van der Waals surface area contributed by atoms with Crippen LogP contribution in [-0.2, 0) is 4.79 Å². The van der Waals surface area contributed by atoms with Crippen LogP contribution < -0.4 is 0 Å². The molecular weight excluding hydrogens is 254 g/mol. The predicted octanol–water partition coefficient (Wildman–Crippen LogP) is 3.03. The van der Waals surface area contributed by atoms with E-state index in [4.69, 9.17) is 0 Å². The second-order valence-electron chi connectivity index (χ2n) is 3.94. The van der Waals surface area contributed by atoms with Gasteiger partial charge in [-0.3, -0.25) is 4.79 Å². The van der Waals surface area contributed by atoms with Crippen molar-refractivity contribution in [3.8, 4) is 0 Å². The molecule has 1 aromatic carbocycles. The van der Waals surface area contributed by atoms with Gasteiger partial charge in [-0.05, 0) is 38.7 Å². The molecule has 0 amide bonds. The zero-order valence-electron chi connectivity index (χ0n) is 9.33. The molecule has 0 aliphatic rings. The quantitative estimate of drug-likeness (QED) is 0.838. The van der Waals surface area contributed by atoms with Crippen LogP contribution in [0.25, 0.3) is 0 Å². The first-order chi connectivity index (χ1) is 7.00. The fraction of sp³-hybridized carbons (Fsp3) is 0.417. The van der Waals surface area contributed by atoms with E-state index >= 15 is 0 Å². The molecule has 15 heavy (non-hydrogen) atoms. The topological polar surface area (TPSA) is 20.3 Å². The van der Waals surface area contributed by atoms with Crippen LogP contribution in [0.1, 0.15) is 24.9 Å². The first kappa shape index (κ1) is 12.4. The number of carbonyl (C=O) groups is 1. The van der Waals surface area contributed by atoms with E-state index in [0.717, 1.165) is 4.47 Å². The molecule has 82 valence electrons. The number of carbonyl (C=O) groups excluding carboxylic acids is 1. The standard InChI is InChI=1S/C12H16BrNO/c1-9(15)8-12(14(2)3)10-4-6-11(13)7-5-10/h4-7,12H,8H2,1-3H3. The van der Waals surface area contributed by atoms with Gasteiger partial charge in [-0.2, -0.15) is 0 Å². The Morgan fingerprint density at radius 1 is 1.33 bits per heavy atom. The van der Waals surface area contributed by atoms with Crippen LogP contribution in [0.5, 0.6) is 0 Å². The number of benzene rings is 1. The van der Waals surface area contributed by atoms with Gasteiger partial charge in [0, 0.05) is 16.9 Å². The smallest absolute Gasteiger partial charge is 0.131 e. The van der Waals surface area contributed by atoms with Gasteiger partial charge in [-0.1, -0.05) is 28.1 Å². The maximum Gasteiger partial charge on any atom is 0.131 e. The highest BCUT2D eigenvalue weighted by atomic mass is 79.9. The average Bonchev–Trinajstić information content (AvgIpc) is 2.15. The Balaban J connectivity index is 2.88. The Kier molecular flexibility index (Phi) is 4.48. The number of rotatable bonds is 4. The molecule has 0 saturated carbocycles. The Bertz CT molecular complexity index is 332. The van der Waals surface area contributed by atoms with Crippen LogP contribution in [0.4, 0.5) is 0 Å². The van der Waals surface area contributed by atoms with Gasteiger partial charge in [0.05, 0.1) is 0 Å². The molecule has 0 spiro atoms. The maximum atomic E-state index is 11.2. The minimum absolute atomic E-state index is 0.176. The molecular formula is C12H16BrNO. The van der Waals surface area contributed by atoms with Crippen LogP contribution in [0.15, 0.2) is 28.7 Å². The molecule has 0 heterocycles. The summed E-state index contributed by atoms with van der Waals surface area (Å²) in [6.07, 6.45) is 0.564. The van der Waals surface area contributed by atoms with E-state index in [0.29, 0.717) is 6.42 Å². The highest BCUT2D eigenvalue weighted by Gasteiger charge is 2.15. The van der Waals surface area contributed by atoms with E-state index in [1.165, 1.54) is 5.56 Å². The molecule has 0 bridgehead atoms. The van der Waals surface area contributed by atoms with Crippen molar-refractivity contribution in [1.82, 2.24) is 4.90 Å². The average molecular weight is 270 g/mol. The molecule has 0 aliphatic heterocycles. The van der Waals surface area contributed by atoms with E-state index in [1.807, 2.05) is 26.2 Å². The van der Waals surface area contributed by atoms with E-state index in [9.17, 15) is 4.79 Å². The third kappa shape index (κ3) is 3.76. The molecule has 1 aromatic rings.